The van der Waals surface area contributed by atoms with E-state index in [1.54, 1.807) is 11.9 Å². The Balaban J connectivity index is 0.00000208. The molecule has 0 spiro atoms. The summed E-state index contributed by atoms with van der Waals surface area (Å²) >= 11 is 0. The van der Waals surface area contributed by atoms with E-state index >= 15 is 0 Å². The van der Waals surface area contributed by atoms with Crippen molar-refractivity contribution in [3.63, 3.8) is 0 Å². The van der Waals surface area contributed by atoms with Gasteiger partial charge < -0.3 is 10.2 Å². The molecular formula is C17H21ClN4O2. The van der Waals surface area contributed by atoms with Crippen LogP contribution in [-0.2, 0) is 6.54 Å². The number of nitrogens with one attached hydrogen (secondary N) is 1. The summed E-state index contributed by atoms with van der Waals surface area (Å²) in [5.41, 5.74) is 1.06. The average molecular weight is 349 g/mol. The number of hydrogen-bond donors (Lipinski definition) is 1. The maximum atomic E-state index is 12.6. The lowest BCUT2D eigenvalue weighted by atomic mass is 10.2. The van der Waals surface area contributed by atoms with Gasteiger partial charge in [-0.2, -0.15) is 5.10 Å². The number of carbonyl (C=O) groups excluding carboxylic acids is 1. The van der Waals surface area contributed by atoms with Crippen LogP contribution in [0.2, 0.25) is 0 Å². The summed E-state index contributed by atoms with van der Waals surface area (Å²) in [6, 6.07) is 12.7. The Morgan fingerprint density at radius 2 is 2.04 bits per heavy atom. The lowest BCUT2D eigenvalue weighted by molar-refractivity contribution is 0.0735. The van der Waals surface area contributed by atoms with Gasteiger partial charge in [0.2, 0.25) is 0 Å². The second-order valence-corrected chi connectivity index (χ2v) is 5.76. The highest BCUT2D eigenvalue weighted by molar-refractivity contribution is 5.92. The fourth-order valence-electron chi connectivity index (χ4n) is 2.75. The molecule has 2 aromatic rings. The van der Waals surface area contributed by atoms with Crippen molar-refractivity contribution in [2.45, 2.75) is 19.0 Å². The highest BCUT2D eigenvalue weighted by atomic mass is 35.5. The molecule has 0 radical (unpaired) electrons. The molecule has 1 N–H and O–H groups in total. The van der Waals surface area contributed by atoms with Crippen LogP contribution in [0.1, 0.15) is 22.5 Å². The monoisotopic (exact) mass is 348 g/mol. The third-order valence-electron chi connectivity index (χ3n) is 4.16. The van der Waals surface area contributed by atoms with Gasteiger partial charge in [0.05, 0.1) is 6.54 Å². The third kappa shape index (κ3) is 4.01. The second kappa shape index (κ2) is 8.08. The van der Waals surface area contributed by atoms with Crippen molar-refractivity contribution < 1.29 is 4.79 Å². The fraction of sp³-hybridized carbons (Fsp3) is 0.353. The fourth-order valence-corrected chi connectivity index (χ4v) is 2.75. The molecule has 1 unspecified atom stereocenters. The van der Waals surface area contributed by atoms with Crippen molar-refractivity contribution in [1.29, 1.82) is 0 Å². The van der Waals surface area contributed by atoms with Crippen LogP contribution in [0.4, 0.5) is 0 Å². The molecule has 0 bridgehead atoms. The third-order valence-corrected chi connectivity index (χ3v) is 4.16. The van der Waals surface area contributed by atoms with Crippen LogP contribution in [0.5, 0.6) is 0 Å². The van der Waals surface area contributed by atoms with Gasteiger partial charge in [-0.3, -0.25) is 9.59 Å². The number of halogens is 1. The number of amides is 1. The quantitative estimate of drug-likeness (QED) is 0.900. The summed E-state index contributed by atoms with van der Waals surface area (Å²) in [6.07, 6.45) is 0.936. The van der Waals surface area contributed by atoms with Crippen LogP contribution in [-0.4, -0.2) is 46.8 Å². The smallest absolute Gasteiger partial charge is 0.274 e. The molecular weight excluding hydrogens is 328 g/mol. The van der Waals surface area contributed by atoms with E-state index in [1.165, 1.54) is 16.8 Å². The summed E-state index contributed by atoms with van der Waals surface area (Å²) in [5, 5.41) is 7.50. The molecule has 1 aliphatic heterocycles. The zero-order valence-corrected chi connectivity index (χ0v) is 14.3. The van der Waals surface area contributed by atoms with E-state index in [0.717, 1.165) is 25.1 Å². The molecule has 1 aliphatic rings. The van der Waals surface area contributed by atoms with Crippen molar-refractivity contribution in [2.75, 3.05) is 20.1 Å². The van der Waals surface area contributed by atoms with Crippen molar-refractivity contribution in [3.05, 3.63) is 64.1 Å². The molecule has 0 saturated carbocycles. The minimum Gasteiger partial charge on any atom is -0.336 e. The van der Waals surface area contributed by atoms with E-state index in [9.17, 15) is 9.59 Å². The van der Waals surface area contributed by atoms with Gasteiger partial charge in [-0.1, -0.05) is 30.3 Å². The molecule has 24 heavy (non-hydrogen) atoms. The highest BCUT2D eigenvalue weighted by Crippen LogP contribution is 2.09. The number of carbonyl (C=O) groups is 1. The standard InChI is InChI=1S/C17H20N4O2.ClH/c1-20(14-9-10-18-11-14)17(23)15-7-8-16(22)21(19-15)12-13-5-3-2-4-6-13;/h2-8,14,18H,9-12H2,1H3;1H. The molecule has 128 valence electrons. The van der Waals surface area contributed by atoms with Gasteiger partial charge in [-0.05, 0) is 24.6 Å². The predicted octanol–water partition coefficient (Wildman–Crippen LogP) is 1.15. The molecule has 1 fully saturated rings. The lowest BCUT2D eigenvalue weighted by Gasteiger charge is -2.23. The first-order valence-electron chi connectivity index (χ1n) is 7.75. The molecule has 3 rings (SSSR count). The number of nitrogens with zero attached hydrogens (tertiary/aromatic N) is 3. The maximum Gasteiger partial charge on any atom is 0.274 e. The van der Waals surface area contributed by atoms with Gasteiger partial charge in [-0.15, -0.1) is 12.4 Å². The van der Waals surface area contributed by atoms with Crippen molar-refractivity contribution in [3.8, 4) is 0 Å². The molecule has 1 atom stereocenters. The molecule has 6 nitrogen and oxygen atoms in total. The van der Waals surface area contributed by atoms with Crippen LogP contribution < -0.4 is 10.9 Å². The number of aromatic nitrogens is 2. The van der Waals surface area contributed by atoms with Crippen molar-refractivity contribution in [1.82, 2.24) is 20.0 Å². The van der Waals surface area contributed by atoms with Gasteiger partial charge in [-0.25, -0.2) is 4.68 Å². The Bertz CT molecular complexity index is 742. The first-order chi connectivity index (χ1) is 11.1. The van der Waals surface area contributed by atoms with Crippen LogP contribution in [0.25, 0.3) is 0 Å². The normalized spacial score (nSPS) is 16.5. The summed E-state index contributed by atoms with van der Waals surface area (Å²) in [4.78, 5) is 26.3. The largest absolute Gasteiger partial charge is 0.336 e. The molecule has 1 aromatic carbocycles. The van der Waals surface area contributed by atoms with Crippen LogP contribution in [0.3, 0.4) is 0 Å². The molecule has 7 heteroatoms. The van der Waals surface area contributed by atoms with E-state index in [2.05, 4.69) is 10.4 Å². The second-order valence-electron chi connectivity index (χ2n) is 5.76. The number of hydrogen-bond acceptors (Lipinski definition) is 4. The van der Waals surface area contributed by atoms with Gasteiger partial charge in [0.25, 0.3) is 11.5 Å². The van der Waals surface area contributed by atoms with Gasteiger partial charge in [0.15, 0.2) is 0 Å². The molecule has 0 aliphatic carbocycles. The summed E-state index contributed by atoms with van der Waals surface area (Å²) < 4.78 is 1.34. The van der Waals surface area contributed by atoms with E-state index in [0.29, 0.717) is 12.2 Å². The summed E-state index contributed by atoms with van der Waals surface area (Å²) in [5.74, 6) is -0.152. The molecule has 1 aromatic heterocycles. The van der Waals surface area contributed by atoms with Gasteiger partial charge in [0, 0.05) is 25.7 Å². The van der Waals surface area contributed by atoms with E-state index < -0.39 is 0 Å². The van der Waals surface area contributed by atoms with Gasteiger partial charge in [0.1, 0.15) is 5.69 Å². The summed E-state index contributed by atoms with van der Waals surface area (Å²) in [7, 11) is 1.79. The van der Waals surface area contributed by atoms with Crippen LogP contribution in [0.15, 0.2) is 47.3 Å². The van der Waals surface area contributed by atoms with Crippen molar-refractivity contribution in [2.24, 2.45) is 0 Å². The zero-order valence-electron chi connectivity index (χ0n) is 13.5. The highest BCUT2D eigenvalue weighted by Gasteiger charge is 2.25. The zero-order chi connectivity index (χ0) is 16.2. The van der Waals surface area contributed by atoms with Crippen LogP contribution in [0, 0.1) is 0 Å². The Kier molecular flexibility index (Phi) is 6.11. The van der Waals surface area contributed by atoms with Crippen LogP contribution >= 0.6 is 12.4 Å². The lowest BCUT2D eigenvalue weighted by Crippen LogP contribution is -2.39. The van der Waals surface area contributed by atoms with Gasteiger partial charge >= 0.3 is 0 Å². The number of likely N-dealkylation sites (N-methyl/N-ethyl adjacent to an activating group) is 1. The van der Waals surface area contributed by atoms with E-state index in [-0.39, 0.29) is 29.9 Å². The minimum absolute atomic E-state index is 0. The predicted molar refractivity (Wildman–Crippen MR) is 94.7 cm³/mol. The SMILES string of the molecule is CN(C(=O)c1ccc(=O)n(Cc2ccccc2)n1)C1CCNC1.Cl. The number of rotatable bonds is 4. The Morgan fingerprint density at radius 3 is 2.71 bits per heavy atom. The van der Waals surface area contributed by atoms with E-state index in [4.69, 9.17) is 0 Å². The van der Waals surface area contributed by atoms with E-state index in [1.807, 2.05) is 30.3 Å². The molecule has 1 saturated heterocycles. The molecule has 1 amide bonds. The average Bonchev–Trinajstić information content (AvgIpc) is 3.11. The Hall–Kier alpha value is -2.18. The first-order valence-corrected chi connectivity index (χ1v) is 7.75. The number of benzene rings is 1. The Morgan fingerprint density at radius 1 is 1.29 bits per heavy atom. The maximum absolute atomic E-state index is 12.6. The van der Waals surface area contributed by atoms with Crippen molar-refractivity contribution >= 4 is 18.3 Å². The molecule has 2 heterocycles. The summed E-state index contributed by atoms with van der Waals surface area (Å²) in [6.45, 7) is 2.07. The first kappa shape index (κ1) is 18.2. The topological polar surface area (TPSA) is 67.2 Å². The Labute approximate surface area is 146 Å². The minimum atomic E-state index is -0.212.